The number of aromatic nitrogens is 4. The number of anilines is 1. The van der Waals surface area contributed by atoms with Crippen LogP contribution in [0.3, 0.4) is 0 Å². The molecule has 5 aromatic rings. The molecular weight excluding hydrogens is 554 g/mol. The normalized spacial score (nSPS) is 14.8. The van der Waals surface area contributed by atoms with Crippen molar-refractivity contribution in [2.75, 3.05) is 5.32 Å². The maximum Gasteiger partial charge on any atom is 0.338 e. The van der Waals surface area contributed by atoms with Gasteiger partial charge in [-0.05, 0) is 44.0 Å². The van der Waals surface area contributed by atoms with Gasteiger partial charge < -0.3 is 14.6 Å². The lowest BCUT2D eigenvalue weighted by molar-refractivity contribution is -0.143. The van der Waals surface area contributed by atoms with Crippen LogP contribution in [-0.2, 0) is 21.8 Å². The molecule has 3 heterocycles. The van der Waals surface area contributed by atoms with Gasteiger partial charge >= 0.3 is 5.97 Å². The molecule has 1 aliphatic heterocycles. The van der Waals surface area contributed by atoms with Gasteiger partial charge in [-0.3, -0.25) is 0 Å². The number of nitrogens with one attached hydrogen (secondary N) is 1. The first-order valence-electron chi connectivity index (χ1n) is 13.5. The fourth-order valence-corrected chi connectivity index (χ4v) is 6.30. The Hall–Kier alpha value is -4.01. The second kappa shape index (κ2) is 11.5. The number of carbonyl (C=O) groups excluding carboxylic acids is 1. The zero-order chi connectivity index (χ0) is 28.5. The molecule has 0 saturated carbocycles. The predicted octanol–water partition coefficient (Wildman–Crippen LogP) is 7.47. The van der Waals surface area contributed by atoms with E-state index in [4.69, 9.17) is 26.4 Å². The average molecular weight is 584 g/mol. The number of hydrogen-bond donors (Lipinski definition) is 1. The van der Waals surface area contributed by atoms with E-state index in [1.807, 2.05) is 80.1 Å². The Morgan fingerprint density at radius 2 is 1.78 bits per heavy atom. The van der Waals surface area contributed by atoms with Crippen molar-refractivity contribution in [1.29, 1.82) is 0 Å². The highest BCUT2D eigenvalue weighted by molar-refractivity contribution is 7.98. The number of allylic oxidation sites excluding steroid dienone is 1. The van der Waals surface area contributed by atoms with Crippen LogP contribution in [0.4, 0.5) is 5.95 Å². The summed E-state index contributed by atoms with van der Waals surface area (Å²) in [5, 5.41) is 10.6. The molecule has 0 amide bonds. The zero-order valence-electron chi connectivity index (χ0n) is 23.0. The average Bonchev–Trinajstić information content (AvgIpc) is 3.53. The SMILES string of the molecule is CC1=C(C(=O)OC(C)C)C(c2cn(Cc3ccccc3)c3ccccc23)n2nc(SCc3ccccc3Cl)nc2N1. The molecule has 1 N–H and O–H groups in total. The number of thioether (sulfide) groups is 1. The highest BCUT2D eigenvalue weighted by Gasteiger charge is 2.37. The zero-order valence-corrected chi connectivity index (χ0v) is 24.6. The Morgan fingerprint density at radius 3 is 2.56 bits per heavy atom. The summed E-state index contributed by atoms with van der Waals surface area (Å²) in [5.41, 5.74) is 5.45. The first kappa shape index (κ1) is 27.2. The highest BCUT2D eigenvalue weighted by Crippen LogP contribution is 2.41. The van der Waals surface area contributed by atoms with E-state index in [1.165, 1.54) is 17.3 Å². The van der Waals surface area contributed by atoms with E-state index in [2.05, 4.69) is 40.3 Å². The molecule has 0 fully saturated rings. The minimum absolute atomic E-state index is 0.262. The molecule has 2 aromatic heterocycles. The second-order valence-electron chi connectivity index (χ2n) is 10.3. The van der Waals surface area contributed by atoms with Crippen LogP contribution in [-0.4, -0.2) is 31.4 Å². The number of carbonyl (C=O) groups is 1. The summed E-state index contributed by atoms with van der Waals surface area (Å²) >= 11 is 7.90. The Bertz CT molecular complexity index is 1760. The summed E-state index contributed by atoms with van der Waals surface area (Å²) in [4.78, 5) is 18.4. The van der Waals surface area contributed by atoms with Crippen LogP contribution in [0.1, 0.15) is 43.5 Å². The van der Waals surface area contributed by atoms with Crippen LogP contribution in [0.25, 0.3) is 10.9 Å². The molecule has 7 nitrogen and oxygen atoms in total. The smallest absolute Gasteiger partial charge is 0.338 e. The topological polar surface area (TPSA) is 74.0 Å². The molecule has 208 valence electrons. The maximum absolute atomic E-state index is 13.6. The third-order valence-corrected chi connectivity index (χ3v) is 8.28. The van der Waals surface area contributed by atoms with E-state index in [0.717, 1.165) is 22.0 Å². The monoisotopic (exact) mass is 583 g/mol. The Labute approximate surface area is 248 Å². The fraction of sp³-hybridized carbons (Fsp3) is 0.219. The number of fused-ring (bicyclic) bond motifs is 2. The molecule has 3 aromatic carbocycles. The predicted molar refractivity (Wildman–Crippen MR) is 164 cm³/mol. The third kappa shape index (κ3) is 5.49. The third-order valence-electron chi connectivity index (χ3n) is 7.02. The molecule has 9 heteroatoms. The number of esters is 1. The van der Waals surface area contributed by atoms with Crippen molar-refractivity contribution in [2.24, 2.45) is 0 Å². The second-order valence-corrected chi connectivity index (χ2v) is 11.6. The van der Waals surface area contributed by atoms with E-state index in [1.54, 1.807) is 0 Å². The van der Waals surface area contributed by atoms with Gasteiger partial charge in [0.1, 0.15) is 6.04 Å². The number of hydrogen-bond acceptors (Lipinski definition) is 6. The molecule has 6 rings (SSSR count). The lowest BCUT2D eigenvalue weighted by atomic mass is 9.95. The first-order valence-corrected chi connectivity index (χ1v) is 14.9. The summed E-state index contributed by atoms with van der Waals surface area (Å²) in [7, 11) is 0. The summed E-state index contributed by atoms with van der Waals surface area (Å²) in [6.07, 6.45) is 1.87. The van der Waals surface area contributed by atoms with Crippen molar-refractivity contribution in [3.05, 3.63) is 118 Å². The van der Waals surface area contributed by atoms with Crippen molar-refractivity contribution in [2.45, 2.75) is 50.4 Å². The number of nitrogens with zero attached hydrogens (tertiary/aromatic N) is 4. The minimum atomic E-state index is -0.526. The van der Waals surface area contributed by atoms with Crippen LogP contribution in [0.15, 0.2) is 101 Å². The molecule has 1 atom stereocenters. The molecule has 41 heavy (non-hydrogen) atoms. The summed E-state index contributed by atoms with van der Waals surface area (Å²) in [5.74, 6) is 0.829. The quantitative estimate of drug-likeness (QED) is 0.151. The van der Waals surface area contributed by atoms with Gasteiger partial charge in [-0.25, -0.2) is 9.48 Å². The molecule has 0 bridgehead atoms. The lowest BCUT2D eigenvalue weighted by Crippen LogP contribution is -2.30. The van der Waals surface area contributed by atoms with E-state index >= 15 is 0 Å². The van der Waals surface area contributed by atoms with Gasteiger partial charge in [0.15, 0.2) is 0 Å². The van der Waals surface area contributed by atoms with Crippen molar-refractivity contribution in [3.8, 4) is 0 Å². The highest BCUT2D eigenvalue weighted by atomic mass is 35.5. The van der Waals surface area contributed by atoms with Gasteiger partial charge in [0.25, 0.3) is 0 Å². The molecule has 0 aliphatic carbocycles. The molecular formula is C32H30ClN5O2S. The van der Waals surface area contributed by atoms with Gasteiger partial charge in [-0.1, -0.05) is 90.1 Å². The van der Waals surface area contributed by atoms with Gasteiger partial charge in [0.05, 0.1) is 11.7 Å². The van der Waals surface area contributed by atoms with E-state index in [0.29, 0.717) is 39.7 Å². The van der Waals surface area contributed by atoms with Gasteiger partial charge in [0, 0.05) is 45.7 Å². The molecule has 1 unspecified atom stereocenters. The van der Waals surface area contributed by atoms with E-state index in [-0.39, 0.29) is 12.1 Å². The number of halogens is 1. The lowest BCUT2D eigenvalue weighted by Gasteiger charge is -2.28. The molecule has 0 saturated heterocycles. The summed E-state index contributed by atoms with van der Waals surface area (Å²) < 4.78 is 9.78. The Kier molecular flexibility index (Phi) is 7.60. The number of benzene rings is 3. The number of rotatable bonds is 8. The largest absolute Gasteiger partial charge is 0.459 e. The minimum Gasteiger partial charge on any atom is -0.459 e. The summed E-state index contributed by atoms with van der Waals surface area (Å²) in [6.45, 7) is 6.30. The number of para-hydroxylation sites is 1. The molecule has 0 radical (unpaired) electrons. The Balaban J connectivity index is 1.45. The standard InChI is InChI=1S/C32H30ClN5O2S/c1-20(2)40-30(39)28-21(3)34-31-35-32(41-19-23-13-7-9-15-26(23)33)36-38(31)29(28)25-18-37(17-22-11-5-4-6-12-22)27-16-10-8-14-24(25)27/h4-16,18,20,29H,17,19H2,1-3H3,(H,34,35,36). The number of ether oxygens (including phenoxy) is 1. The van der Waals surface area contributed by atoms with E-state index < -0.39 is 6.04 Å². The van der Waals surface area contributed by atoms with Crippen LogP contribution in [0.2, 0.25) is 5.02 Å². The van der Waals surface area contributed by atoms with Crippen molar-refractivity contribution in [1.82, 2.24) is 19.3 Å². The fourth-order valence-electron chi connectivity index (χ4n) is 5.18. The Morgan fingerprint density at radius 1 is 1.05 bits per heavy atom. The maximum atomic E-state index is 13.6. The van der Waals surface area contributed by atoms with Gasteiger partial charge in [-0.15, -0.1) is 5.10 Å². The summed E-state index contributed by atoms with van der Waals surface area (Å²) in [6, 6.07) is 25.9. The van der Waals surface area contributed by atoms with Crippen molar-refractivity contribution in [3.63, 3.8) is 0 Å². The first-order chi connectivity index (χ1) is 19.9. The van der Waals surface area contributed by atoms with Crippen LogP contribution >= 0.6 is 23.4 Å². The van der Waals surface area contributed by atoms with Gasteiger partial charge in [0.2, 0.25) is 11.1 Å². The van der Waals surface area contributed by atoms with Crippen molar-refractivity contribution >= 4 is 46.2 Å². The van der Waals surface area contributed by atoms with Crippen LogP contribution in [0.5, 0.6) is 0 Å². The van der Waals surface area contributed by atoms with E-state index in [9.17, 15) is 4.79 Å². The van der Waals surface area contributed by atoms with Crippen molar-refractivity contribution < 1.29 is 9.53 Å². The van der Waals surface area contributed by atoms with Crippen LogP contribution in [0, 0.1) is 0 Å². The molecule has 0 spiro atoms. The molecule has 1 aliphatic rings. The van der Waals surface area contributed by atoms with Gasteiger partial charge in [-0.2, -0.15) is 4.98 Å². The van der Waals surface area contributed by atoms with Crippen LogP contribution < -0.4 is 5.32 Å².